The van der Waals surface area contributed by atoms with E-state index in [1.807, 2.05) is 0 Å². The monoisotopic (exact) mass is 338 g/mol. The molecule has 0 saturated heterocycles. The fourth-order valence-corrected chi connectivity index (χ4v) is 1.91. The van der Waals surface area contributed by atoms with Gasteiger partial charge in [0.1, 0.15) is 24.4 Å². The van der Waals surface area contributed by atoms with Gasteiger partial charge >= 0.3 is 0 Å². The molecule has 2 aromatic rings. The highest BCUT2D eigenvalue weighted by molar-refractivity contribution is 5.75. The van der Waals surface area contributed by atoms with Crippen LogP contribution >= 0.6 is 0 Å². The number of hydrazone groups is 1. The van der Waals surface area contributed by atoms with Gasteiger partial charge in [0.05, 0.1) is 23.9 Å². The second-order valence-corrected chi connectivity index (χ2v) is 5.04. The number of fused-ring (bicyclic) bond motifs is 1. The number of rotatable bonds is 7. The molecule has 10 heteroatoms. The van der Waals surface area contributed by atoms with Crippen LogP contribution in [0.15, 0.2) is 34.2 Å². The van der Waals surface area contributed by atoms with Crippen LogP contribution < -0.4 is 11.0 Å². The molecule has 4 unspecified atom stereocenters. The van der Waals surface area contributed by atoms with Gasteiger partial charge in [-0.1, -0.05) is 12.1 Å². The minimum absolute atomic E-state index is 0.123. The maximum atomic E-state index is 11.8. The Kier molecular flexibility index (Phi) is 5.95. The van der Waals surface area contributed by atoms with Gasteiger partial charge in [0.2, 0.25) is 5.82 Å². The third-order valence-corrected chi connectivity index (χ3v) is 3.28. The molecule has 1 heterocycles. The van der Waals surface area contributed by atoms with E-state index >= 15 is 0 Å². The van der Waals surface area contributed by atoms with Crippen molar-refractivity contribution >= 4 is 23.1 Å². The number of hydrogen-bond acceptors (Lipinski definition) is 9. The lowest BCUT2D eigenvalue weighted by atomic mass is 10.0. The van der Waals surface area contributed by atoms with Crippen molar-refractivity contribution in [3.05, 3.63) is 34.6 Å². The maximum absolute atomic E-state index is 11.8. The summed E-state index contributed by atoms with van der Waals surface area (Å²) in [5.41, 5.74) is 2.87. The molecule has 2 rings (SSSR count). The molecule has 0 aliphatic carbocycles. The van der Waals surface area contributed by atoms with Crippen LogP contribution in [-0.2, 0) is 0 Å². The van der Waals surface area contributed by atoms with Crippen LogP contribution in [0.2, 0.25) is 0 Å². The number of H-pyrrole nitrogens is 1. The zero-order chi connectivity index (χ0) is 17.7. The van der Waals surface area contributed by atoms with Gasteiger partial charge in [-0.3, -0.25) is 10.2 Å². The standard InChI is InChI=1S/C14H18N4O6/c19-6-10(21)12(23)11(22)9(20)5-15-18-13-14(24)17-8-4-2-1-3-7(8)16-13/h1-5,9-12,19-23H,6H2,(H,16,18)(H,17,24)/b15-5+. The summed E-state index contributed by atoms with van der Waals surface area (Å²) in [6.45, 7) is -0.781. The number of aromatic nitrogens is 2. The SMILES string of the molecule is O=c1[nH]c2ccccc2nc1N/N=C/C(O)C(O)C(O)C(O)CO. The first-order valence-electron chi connectivity index (χ1n) is 7.05. The quantitative estimate of drug-likeness (QED) is 0.219. The summed E-state index contributed by atoms with van der Waals surface area (Å²) >= 11 is 0. The highest BCUT2D eigenvalue weighted by atomic mass is 16.4. The molecule has 0 bridgehead atoms. The number of anilines is 1. The number of aromatic amines is 1. The van der Waals surface area contributed by atoms with Crippen LogP contribution in [0.3, 0.4) is 0 Å². The normalized spacial score (nSPS) is 16.9. The third-order valence-electron chi connectivity index (χ3n) is 3.28. The van der Waals surface area contributed by atoms with Crippen molar-refractivity contribution in [2.24, 2.45) is 5.10 Å². The van der Waals surface area contributed by atoms with Gasteiger partial charge in [-0.25, -0.2) is 4.98 Å². The number of nitrogens with zero attached hydrogens (tertiary/aromatic N) is 2. The van der Waals surface area contributed by atoms with Crippen molar-refractivity contribution in [1.29, 1.82) is 0 Å². The van der Waals surface area contributed by atoms with E-state index in [1.54, 1.807) is 24.3 Å². The first-order chi connectivity index (χ1) is 11.4. The summed E-state index contributed by atoms with van der Waals surface area (Å²) < 4.78 is 0. The van der Waals surface area contributed by atoms with Gasteiger partial charge in [-0.2, -0.15) is 5.10 Å². The Morgan fingerprint density at radius 1 is 1.21 bits per heavy atom. The molecule has 0 aliphatic heterocycles. The third kappa shape index (κ3) is 4.13. The number of aliphatic hydroxyl groups is 5. The molecule has 24 heavy (non-hydrogen) atoms. The summed E-state index contributed by atoms with van der Waals surface area (Å²) in [5.74, 6) is -0.123. The molecule has 0 radical (unpaired) electrons. The fourth-order valence-electron chi connectivity index (χ4n) is 1.91. The molecule has 0 saturated carbocycles. The molecule has 10 nitrogen and oxygen atoms in total. The van der Waals surface area contributed by atoms with Crippen molar-refractivity contribution in [3.63, 3.8) is 0 Å². The smallest absolute Gasteiger partial charge is 0.293 e. The molecule has 0 aliphatic rings. The van der Waals surface area contributed by atoms with E-state index in [4.69, 9.17) is 5.11 Å². The van der Waals surface area contributed by atoms with E-state index in [0.717, 1.165) is 6.21 Å². The highest BCUT2D eigenvalue weighted by Gasteiger charge is 2.29. The van der Waals surface area contributed by atoms with Crippen LogP contribution in [0.1, 0.15) is 0 Å². The van der Waals surface area contributed by atoms with Crippen molar-refractivity contribution in [3.8, 4) is 0 Å². The largest absolute Gasteiger partial charge is 0.394 e. The lowest BCUT2D eigenvalue weighted by Gasteiger charge is -2.23. The van der Waals surface area contributed by atoms with Crippen LogP contribution in [0.25, 0.3) is 11.0 Å². The molecule has 0 fully saturated rings. The molecule has 0 spiro atoms. The first kappa shape index (κ1) is 18.0. The summed E-state index contributed by atoms with van der Waals surface area (Å²) in [5, 5.41) is 50.2. The Balaban J connectivity index is 2.06. The maximum Gasteiger partial charge on any atom is 0.293 e. The Labute approximate surface area is 135 Å². The van der Waals surface area contributed by atoms with Crippen molar-refractivity contribution in [2.45, 2.75) is 24.4 Å². The summed E-state index contributed by atoms with van der Waals surface area (Å²) in [4.78, 5) is 18.5. The van der Waals surface area contributed by atoms with Gasteiger partial charge in [-0.05, 0) is 12.1 Å². The number of hydrogen-bond donors (Lipinski definition) is 7. The molecular formula is C14H18N4O6. The van der Waals surface area contributed by atoms with Crippen LogP contribution in [-0.4, -0.2) is 72.7 Å². The zero-order valence-corrected chi connectivity index (χ0v) is 12.4. The van der Waals surface area contributed by atoms with Crippen molar-refractivity contribution in [1.82, 2.24) is 9.97 Å². The molecule has 4 atom stereocenters. The number of aliphatic hydroxyl groups excluding tert-OH is 5. The van der Waals surface area contributed by atoms with E-state index in [2.05, 4.69) is 20.5 Å². The second-order valence-electron chi connectivity index (χ2n) is 5.04. The first-order valence-corrected chi connectivity index (χ1v) is 7.05. The molecule has 7 N–H and O–H groups in total. The Morgan fingerprint density at radius 3 is 2.62 bits per heavy atom. The average molecular weight is 338 g/mol. The molecule has 0 amide bonds. The van der Waals surface area contributed by atoms with Gasteiger partial charge in [-0.15, -0.1) is 0 Å². The topological polar surface area (TPSA) is 171 Å². The lowest BCUT2D eigenvalue weighted by Crippen LogP contribution is -2.46. The second kappa shape index (κ2) is 7.95. The Bertz CT molecular complexity index is 764. The van der Waals surface area contributed by atoms with Gasteiger partial charge < -0.3 is 30.5 Å². The van der Waals surface area contributed by atoms with Gasteiger partial charge in [0.15, 0.2) is 0 Å². The molecular weight excluding hydrogens is 320 g/mol. The van der Waals surface area contributed by atoms with Gasteiger partial charge in [0, 0.05) is 0 Å². The highest BCUT2D eigenvalue weighted by Crippen LogP contribution is 2.08. The molecule has 1 aromatic carbocycles. The summed E-state index contributed by atoms with van der Waals surface area (Å²) in [6.07, 6.45) is -5.97. The Morgan fingerprint density at radius 2 is 1.92 bits per heavy atom. The van der Waals surface area contributed by atoms with Crippen LogP contribution in [0, 0.1) is 0 Å². The van der Waals surface area contributed by atoms with Gasteiger partial charge in [0.25, 0.3) is 5.56 Å². The molecule has 130 valence electrons. The minimum Gasteiger partial charge on any atom is -0.394 e. The van der Waals surface area contributed by atoms with E-state index < -0.39 is 36.6 Å². The number of nitrogens with one attached hydrogen (secondary N) is 2. The predicted octanol–water partition coefficient (Wildman–Crippen LogP) is -2.24. The molecule has 1 aromatic heterocycles. The van der Waals surface area contributed by atoms with E-state index in [0.29, 0.717) is 11.0 Å². The summed E-state index contributed by atoms with van der Waals surface area (Å²) in [7, 11) is 0. The van der Waals surface area contributed by atoms with E-state index in [1.165, 1.54) is 0 Å². The van der Waals surface area contributed by atoms with Crippen molar-refractivity contribution < 1.29 is 25.5 Å². The van der Waals surface area contributed by atoms with Crippen molar-refractivity contribution in [2.75, 3.05) is 12.0 Å². The Hall–Kier alpha value is -2.37. The fraction of sp³-hybridized carbons (Fsp3) is 0.357. The number of para-hydroxylation sites is 2. The predicted molar refractivity (Wildman–Crippen MR) is 85.6 cm³/mol. The van der Waals surface area contributed by atoms with E-state index in [-0.39, 0.29) is 5.82 Å². The van der Waals surface area contributed by atoms with E-state index in [9.17, 15) is 25.2 Å². The summed E-state index contributed by atoms with van der Waals surface area (Å²) in [6, 6.07) is 6.86. The zero-order valence-electron chi connectivity index (χ0n) is 12.4. The number of benzene rings is 1. The minimum atomic E-state index is -1.78. The average Bonchev–Trinajstić information content (AvgIpc) is 2.59. The lowest BCUT2D eigenvalue weighted by molar-refractivity contribution is -0.0999. The van der Waals surface area contributed by atoms with Crippen LogP contribution in [0.5, 0.6) is 0 Å². The van der Waals surface area contributed by atoms with Crippen LogP contribution in [0.4, 0.5) is 5.82 Å².